The SMILES string of the molecule is CCNC(=NCc1cccc(C(F)(F)F)c1)NCc1ccnc(-n2ccnc2)c1.I. The van der Waals surface area contributed by atoms with Crippen LogP contribution in [0.15, 0.2) is 66.3 Å². The van der Waals surface area contributed by atoms with Crippen molar-refractivity contribution in [3.05, 3.63) is 78.0 Å². The number of nitrogens with one attached hydrogen (secondary N) is 2. The van der Waals surface area contributed by atoms with Gasteiger partial charge in [0.15, 0.2) is 5.96 Å². The number of aliphatic imine (C=N–C) groups is 1. The van der Waals surface area contributed by atoms with Gasteiger partial charge in [0.2, 0.25) is 0 Å². The second-order valence-electron chi connectivity index (χ2n) is 6.24. The maximum atomic E-state index is 12.9. The molecule has 10 heteroatoms. The first-order valence-electron chi connectivity index (χ1n) is 9.07. The number of rotatable bonds is 6. The van der Waals surface area contributed by atoms with Crippen LogP contribution in [0.2, 0.25) is 0 Å². The van der Waals surface area contributed by atoms with E-state index in [0.717, 1.165) is 23.5 Å². The van der Waals surface area contributed by atoms with Gasteiger partial charge < -0.3 is 10.6 Å². The molecule has 2 aromatic heterocycles. The molecule has 0 saturated carbocycles. The number of nitrogens with zero attached hydrogens (tertiary/aromatic N) is 4. The molecular weight excluding hydrogens is 508 g/mol. The Bertz CT molecular complexity index is 957. The van der Waals surface area contributed by atoms with E-state index in [0.29, 0.717) is 24.6 Å². The molecule has 0 fully saturated rings. The molecule has 0 bridgehead atoms. The number of hydrogen-bond donors (Lipinski definition) is 2. The lowest BCUT2D eigenvalue weighted by molar-refractivity contribution is -0.137. The molecule has 0 amide bonds. The normalized spacial score (nSPS) is 11.7. The molecule has 3 aromatic rings. The molecule has 6 nitrogen and oxygen atoms in total. The molecule has 1 aromatic carbocycles. The minimum absolute atomic E-state index is 0. The molecule has 0 unspecified atom stereocenters. The van der Waals surface area contributed by atoms with Crippen LogP contribution >= 0.6 is 24.0 Å². The summed E-state index contributed by atoms with van der Waals surface area (Å²) in [6, 6.07) is 8.99. The van der Waals surface area contributed by atoms with E-state index in [9.17, 15) is 13.2 Å². The zero-order valence-electron chi connectivity index (χ0n) is 16.2. The van der Waals surface area contributed by atoms with Crippen molar-refractivity contribution in [3.8, 4) is 5.82 Å². The fraction of sp³-hybridized carbons (Fsp3) is 0.250. The van der Waals surface area contributed by atoms with Crippen molar-refractivity contribution < 1.29 is 13.2 Å². The van der Waals surface area contributed by atoms with Gasteiger partial charge >= 0.3 is 6.18 Å². The van der Waals surface area contributed by atoms with Crippen LogP contribution in [-0.2, 0) is 19.3 Å². The molecule has 0 aliphatic carbocycles. The maximum Gasteiger partial charge on any atom is 0.416 e. The minimum atomic E-state index is -4.36. The van der Waals surface area contributed by atoms with Crippen molar-refractivity contribution in [3.63, 3.8) is 0 Å². The van der Waals surface area contributed by atoms with Crippen LogP contribution in [0.1, 0.15) is 23.6 Å². The van der Waals surface area contributed by atoms with Crippen LogP contribution < -0.4 is 10.6 Å². The third kappa shape index (κ3) is 6.71. The Balaban J connectivity index is 0.00000320. The van der Waals surface area contributed by atoms with Gasteiger partial charge in [0.05, 0.1) is 12.1 Å². The monoisotopic (exact) mass is 530 g/mol. The van der Waals surface area contributed by atoms with Gasteiger partial charge in [-0.1, -0.05) is 12.1 Å². The van der Waals surface area contributed by atoms with Crippen molar-refractivity contribution in [1.82, 2.24) is 25.2 Å². The molecular formula is C20H22F3IN6. The molecule has 2 heterocycles. The summed E-state index contributed by atoms with van der Waals surface area (Å²) in [5, 5.41) is 6.28. The van der Waals surface area contributed by atoms with Crippen LogP contribution in [0.5, 0.6) is 0 Å². The Kier molecular flexibility index (Phi) is 8.63. The predicted octanol–water partition coefficient (Wildman–Crippen LogP) is 4.16. The summed E-state index contributed by atoms with van der Waals surface area (Å²) in [6.07, 6.45) is 2.49. The average molecular weight is 530 g/mol. The highest BCUT2D eigenvalue weighted by molar-refractivity contribution is 14.0. The van der Waals surface area contributed by atoms with E-state index in [1.165, 1.54) is 6.07 Å². The van der Waals surface area contributed by atoms with E-state index in [4.69, 9.17) is 0 Å². The summed E-state index contributed by atoms with van der Waals surface area (Å²) < 4.78 is 40.4. The van der Waals surface area contributed by atoms with Gasteiger partial charge in [-0.2, -0.15) is 13.2 Å². The molecule has 160 valence electrons. The molecule has 0 spiro atoms. The van der Waals surface area contributed by atoms with Crippen LogP contribution in [0, 0.1) is 0 Å². The number of imidazole rings is 1. The second kappa shape index (κ2) is 11.0. The first kappa shape index (κ1) is 23.6. The van der Waals surface area contributed by atoms with Gasteiger partial charge in [0.25, 0.3) is 0 Å². The third-order valence-corrected chi connectivity index (χ3v) is 4.06. The fourth-order valence-electron chi connectivity index (χ4n) is 2.65. The number of guanidine groups is 1. The standard InChI is InChI=1S/C20H21F3N6.HI/c1-2-25-19(27-12-15-4-3-5-17(10-15)20(21,22)23)28-13-16-6-7-26-18(11-16)29-9-8-24-14-29;/h3-11,14H,2,12-13H2,1H3,(H2,25,27,28);1H. The Morgan fingerprint density at radius 1 is 1.10 bits per heavy atom. The Hall–Kier alpha value is -2.63. The molecule has 0 aliphatic heterocycles. The van der Waals surface area contributed by atoms with Crippen LogP contribution in [-0.4, -0.2) is 27.0 Å². The van der Waals surface area contributed by atoms with Crippen LogP contribution in [0.25, 0.3) is 5.82 Å². The van der Waals surface area contributed by atoms with Gasteiger partial charge in [-0.25, -0.2) is 15.0 Å². The summed E-state index contributed by atoms with van der Waals surface area (Å²) >= 11 is 0. The van der Waals surface area contributed by atoms with Gasteiger partial charge in [0.1, 0.15) is 12.1 Å². The zero-order valence-corrected chi connectivity index (χ0v) is 18.6. The number of alkyl halides is 3. The average Bonchev–Trinajstić information content (AvgIpc) is 3.25. The first-order chi connectivity index (χ1) is 14.0. The Morgan fingerprint density at radius 2 is 1.93 bits per heavy atom. The van der Waals surface area contributed by atoms with E-state index in [-0.39, 0.29) is 30.5 Å². The van der Waals surface area contributed by atoms with Crippen LogP contribution in [0.4, 0.5) is 13.2 Å². The molecule has 30 heavy (non-hydrogen) atoms. The van der Waals surface area contributed by atoms with E-state index in [2.05, 4.69) is 25.6 Å². The van der Waals surface area contributed by atoms with E-state index >= 15 is 0 Å². The predicted molar refractivity (Wildman–Crippen MR) is 120 cm³/mol. The molecule has 0 saturated heterocycles. The quantitative estimate of drug-likeness (QED) is 0.286. The number of aromatic nitrogens is 3. The van der Waals surface area contributed by atoms with Gasteiger partial charge in [-0.15, -0.1) is 24.0 Å². The highest BCUT2D eigenvalue weighted by atomic mass is 127. The van der Waals surface area contributed by atoms with Crippen molar-refractivity contribution in [2.45, 2.75) is 26.2 Å². The largest absolute Gasteiger partial charge is 0.416 e. The fourth-order valence-corrected chi connectivity index (χ4v) is 2.65. The Morgan fingerprint density at radius 3 is 2.63 bits per heavy atom. The third-order valence-electron chi connectivity index (χ3n) is 4.06. The molecule has 3 rings (SSSR count). The highest BCUT2D eigenvalue weighted by Gasteiger charge is 2.30. The lowest BCUT2D eigenvalue weighted by Crippen LogP contribution is -2.36. The molecule has 2 N–H and O–H groups in total. The van der Waals surface area contributed by atoms with Gasteiger partial charge in [-0.05, 0) is 42.3 Å². The molecule has 0 radical (unpaired) electrons. The summed E-state index contributed by atoms with van der Waals surface area (Å²) in [5.41, 5.74) is 0.795. The topological polar surface area (TPSA) is 67.1 Å². The lowest BCUT2D eigenvalue weighted by Gasteiger charge is -2.12. The van der Waals surface area contributed by atoms with E-state index < -0.39 is 11.7 Å². The van der Waals surface area contributed by atoms with Gasteiger partial charge in [0, 0.05) is 31.7 Å². The van der Waals surface area contributed by atoms with Crippen molar-refractivity contribution in [1.29, 1.82) is 0 Å². The first-order valence-corrected chi connectivity index (χ1v) is 9.07. The zero-order chi connectivity index (χ0) is 20.7. The summed E-state index contributed by atoms with van der Waals surface area (Å²) in [4.78, 5) is 12.7. The van der Waals surface area contributed by atoms with E-state index in [1.807, 2.05) is 19.1 Å². The summed E-state index contributed by atoms with van der Waals surface area (Å²) in [6.45, 7) is 3.17. The minimum Gasteiger partial charge on any atom is -0.357 e. The molecule has 0 atom stereocenters. The van der Waals surface area contributed by atoms with Gasteiger partial charge in [-0.3, -0.25) is 4.57 Å². The Labute approximate surface area is 189 Å². The highest BCUT2D eigenvalue weighted by Crippen LogP contribution is 2.29. The summed E-state index contributed by atoms with van der Waals surface area (Å²) in [7, 11) is 0. The summed E-state index contributed by atoms with van der Waals surface area (Å²) in [5.74, 6) is 1.26. The van der Waals surface area contributed by atoms with Crippen molar-refractivity contribution in [2.75, 3.05) is 6.54 Å². The number of hydrogen-bond acceptors (Lipinski definition) is 3. The second-order valence-corrected chi connectivity index (χ2v) is 6.24. The van der Waals surface area contributed by atoms with Crippen LogP contribution in [0.3, 0.4) is 0 Å². The maximum absolute atomic E-state index is 12.9. The van der Waals surface area contributed by atoms with E-state index in [1.54, 1.807) is 35.6 Å². The smallest absolute Gasteiger partial charge is 0.357 e. The number of benzene rings is 1. The van der Waals surface area contributed by atoms with Crippen molar-refractivity contribution in [2.24, 2.45) is 4.99 Å². The van der Waals surface area contributed by atoms with Crippen molar-refractivity contribution >= 4 is 29.9 Å². The number of pyridine rings is 1. The lowest BCUT2D eigenvalue weighted by atomic mass is 10.1. The molecule has 0 aliphatic rings. The number of halogens is 4.